The van der Waals surface area contributed by atoms with E-state index in [9.17, 15) is 13.2 Å². The molecule has 0 spiro atoms. The van der Waals surface area contributed by atoms with Gasteiger partial charge in [-0.1, -0.05) is 11.8 Å². The van der Waals surface area contributed by atoms with Crippen molar-refractivity contribution in [1.29, 1.82) is 0 Å². The fraction of sp³-hybridized carbons (Fsp3) is 0.286. The molecule has 1 heterocycles. The van der Waals surface area contributed by atoms with Crippen LogP contribution in [0.15, 0.2) is 46.7 Å². The van der Waals surface area contributed by atoms with Crippen molar-refractivity contribution in [1.82, 2.24) is 13.9 Å². The smallest absolute Gasteiger partial charge is 0.242 e. The normalized spacial score (nSPS) is 11.7. The number of nitrogens with zero attached hydrogens (tertiary/aromatic N) is 3. The van der Waals surface area contributed by atoms with Gasteiger partial charge in [-0.2, -0.15) is 0 Å². The average molecular weight is 354 g/mol. The lowest BCUT2D eigenvalue weighted by atomic mass is 10.3. The highest BCUT2D eigenvalue weighted by atomic mass is 32.2. The van der Waals surface area contributed by atoms with Crippen LogP contribution in [0, 0.1) is 0 Å². The zero-order chi connectivity index (χ0) is 17.0. The fourth-order valence-corrected chi connectivity index (χ4v) is 3.37. The summed E-state index contributed by atoms with van der Waals surface area (Å²) in [6.45, 7) is 0. The molecule has 23 heavy (non-hydrogen) atoms. The van der Waals surface area contributed by atoms with E-state index in [1.54, 1.807) is 18.3 Å². The Morgan fingerprint density at radius 2 is 1.96 bits per heavy atom. The first-order chi connectivity index (χ1) is 10.8. The molecule has 0 aliphatic rings. The summed E-state index contributed by atoms with van der Waals surface area (Å²) in [4.78, 5) is 16.2. The zero-order valence-electron chi connectivity index (χ0n) is 13.1. The van der Waals surface area contributed by atoms with Gasteiger partial charge >= 0.3 is 0 Å². The number of aromatic nitrogens is 2. The molecule has 0 unspecified atom stereocenters. The predicted octanol–water partition coefficient (Wildman–Crippen LogP) is 1.40. The number of imidazole rings is 1. The zero-order valence-corrected chi connectivity index (χ0v) is 14.7. The lowest BCUT2D eigenvalue weighted by Crippen LogP contribution is -2.22. The Hall–Kier alpha value is -1.84. The monoisotopic (exact) mass is 354 g/mol. The number of anilines is 1. The van der Waals surface area contributed by atoms with Crippen LogP contribution in [0.25, 0.3) is 0 Å². The molecule has 7 nitrogen and oxygen atoms in total. The number of amides is 1. The summed E-state index contributed by atoms with van der Waals surface area (Å²) in [7, 11) is 1.34. The Balaban J connectivity index is 1.96. The van der Waals surface area contributed by atoms with Gasteiger partial charge in [-0.05, 0) is 24.3 Å². The van der Waals surface area contributed by atoms with Crippen LogP contribution in [0.2, 0.25) is 0 Å². The number of sulfonamides is 1. The van der Waals surface area contributed by atoms with Gasteiger partial charge in [-0.3, -0.25) is 4.79 Å². The van der Waals surface area contributed by atoms with E-state index in [4.69, 9.17) is 0 Å². The quantitative estimate of drug-likeness (QED) is 0.793. The summed E-state index contributed by atoms with van der Waals surface area (Å²) in [6.07, 6.45) is 3.48. The van der Waals surface area contributed by atoms with Crippen molar-refractivity contribution in [3.8, 4) is 0 Å². The van der Waals surface area contributed by atoms with E-state index in [2.05, 4.69) is 10.3 Å². The lowest BCUT2D eigenvalue weighted by Gasteiger charge is -2.12. The second-order valence-electron chi connectivity index (χ2n) is 4.97. The highest BCUT2D eigenvalue weighted by Crippen LogP contribution is 2.18. The number of rotatable bonds is 6. The molecule has 1 aromatic heterocycles. The van der Waals surface area contributed by atoms with Gasteiger partial charge < -0.3 is 9.88 Å². The Bertz CT molecular complexity index is 783. The highest BCUT2D eigenvalue weighted by molar-refractivity contribution is 7.99. The maximum Gasteiger partial charge on any atom is 0.242 e. The van der Waals surface area contributed by atoms with Gasteiger partial charge in [0.1, 0.15) is 0 Å². The number of carbonyl (C=O) groups is 1. The third-order valence-corrected chi connectivity index (χ3v) is 5.91. The number of aryl methyl sites for hydroxylation is 1. The maximum absolute atomic E-state index is 12.0. The van der Waals surface area contributed by atoms with Crippen LogP contribution in [-0.2, 0) is 21.9 Å². The summed E-state index contributed by atoms with van der Waals surface area (Å²) in [6, 6.07) is 6.08. The molecule has 0 radical (unpaired) electrons. The number of nitrogens with one attached hydrogen (secondary N) is 1. The van der Waals surface area contributed by atoms with Gasteiger partial charge in [0.05, 0.1) is 10.6 Å². The summed E-state index contributed by atoms with van der Waals surface area (Å²) < 4.78 is 26.9. The van der Waals surface area contributed by atoms with Gasteiger partial charge in [0.2, 0.25) is 15.9 Å². The number of hydrogen-bond acceptors (Lipinski definition) is 5. The molecule has 0 atom stereocenters. The lowest BCUT2D eigenvalue weighted by molar-refractivity contribution is -0.113. The average Bonchev–Trinajstić information content (AvgIpc) is 2.91. The molecule has 0 bridgehead atoms. The van der Waals surface area contributed by atoms with Crippen LogP contribution in [0.4, 0.5) is 5.69 Å². The molecule has 9 heteroatoms. The largest absolute Gasteiger partial charge is 0.329 e. The van der Waals surface area contributed by atoms with Crippen LogP contribution in [0.3, 0.4) is 0 Å². The standard InChI is InChI=1S/C14H18N4O3S2/c1-17(2)23(20,21)12-6-4-11(5-7-12)16-13(19)10-22-14-15-8-9-18(14)3/h4-9H,10H2,1-3H3,(H,16,19). The van der Waals surface area contributed by atoms with E-state index in [1.807, 2.05) is 17.8 Å². The van der Waals surface area contributed by atoms with E-state index in [1.165, 1.54) is 38.0 Å². The van der Waals surface area contributed by atoms with E-state index in [-0.39, 0.29) is 16.6 Å². The van der Waals surface area contributed by atoms with Crippen molar-refractivity contribution in [2.24, 2.45) is 7.05 Å². The molecule has 0 aliphatic carbocycles. The first-order valence-electron chi connectivity index (χ1n) is 6.73. The minimum absolute atomic E-state index is 0.179. The van der Waals surface area contributed by atoms with E-state index in [0.717, 1.165) is 9.46 Å². The Labute approximate surface area is 139 Å². The van der Waals surface area contributed by atoms with Crippen molar-refractivity contribution in [3.05, 3.63) is 36.7 Å². The van der Waals surface area contributed by atoms with Crippen LogP contribution in [0.5, 0.6) is 0 Å². The van der Waals surface area contributed by atoms with E-state index >= 15 is 0 Å². The molecular formula is C14H18N4O3S2. The molecule has 0 fully saturated rings. The van der Waals surface area contributed by atoms with Crippen LogP contribution >= 0.6 is 11.8 Å². The molecular weight excluding hydrogens is 336 g/mol. The minimum atomic E-state index is -3.46. The van der Waals surface area contributed by atoms with Crippen molar-refractivity contribution in [3.63, 3.8) is 0 Å². The van der Waals surface area contributed by atoms with Gasteiger partial charge in [-0.15, -0.1) is 0 Å². The molecule has 1 amide bonds. The second kappa shape index (κ2) is 7.16. The number of hydrogen-bond donors (Lipinski definition) is 1. The molecule has 0 saturated heterocycles. The van der Waals surface area contributed by atoms with Crippen LogP contribution in [0.1, 0.15) is 0 Å². The molecule has 2 aromatic rings. The highest BCUT2D eigenvalue weighted by Gasteiger charge is 2.16. The molecule has 0 aliphatic heterocycles. The number of benzene rings is 1. The molecule has 1 aromatic carbocycles. The predicted molar refractivity (Wildman–Crippen MR) is 89.9 cm³/mol. The topological polar surface area (TPSA) is 84.3 Å². The Kier molecular flexibility index (Phi) is 5.45. The van der Waals surface area contributed by atoms with Gasteiger partial charge in [-0.25, -0.2) is 17.7 Å². The summed E-state index contributed by atoms with van der Waals surface area (Å²) in [5.74, 6) is 0.0454. The number of carbonyl (C=O) groups excluding carboxylic acids is 1. The fourth-order valence-electron chi connectivity index (χ4n) is 1.74. The number of thioether (sulfide) groups is 1. The van der Waals surface area contributed by atoms with Crippen LogP contribution < -0.4 is 5.32 Å². The molecule has 1 N–H and O–H groups in total. The third kappa shape index (κ3) is 4.34. The Morgan fingerprint density at radius 1 is 1.30 bits per heavy atom. The van der Waals surface area contributed by atoms with Crippen molar-refractivity contribution in [2.45, 2.75) is 10.1 Å². The third-order valence-electron chi connectivity index (χ3n) is 3.03. The second-order valence-corrected chi connectivity index (χ2v) is 8.06. The van der Waals surface area contributed by atoms with Crippen LogP contribution in [-0.4, -0.2) is 48.0 Å². The summed E-state index contributed by atoms with van der Waals surface area (Å²) in [5.41, 5.74) is 0.549. The van der Waals surface area contributed by atoms with Gasteiger partial charge in [0.15, 0.2) is 5.16 Å². The molecule has 124 valence electrons. The van der Waals surface area contributed by atoms with Crippen molar-refractivity contribution >= 4 is 33.4 Å². The van der Waals surface area contributed by atoms with Gasteiger partial charge in [0, 0.05) is 39.2 Å². The summed E-state index contributed by atoms with van der Waals surface area (Å²) in [5, 5.41) is 3.48. The minimum Gasteiger partial charge on any atom is -0.329 e. The van der Waals surface area contributed by atoms with E-state index in [0.29, 0.717) is 5.69 Å². The van der Waals surface area contributed by atoms with Gasteiger partial charge in [0.25, 0.3) is 0 Å². The molecule has 2 rings (SSSR count). The SMILES string of the molecule is CN(C)S(=O)(=O)c1ccc(NC(=O)CSc2nccn2C)cc1. The summed E-state index contributed by atoms with van der Waals surface area (Å²) >= 11 is 1.33. The van der Waals surface area contributed by atoms with Crippen molar-refractivity contribution < 1.29 is 13.2 Å². The first-order valence-corrected chi connectivity index (χ1v) is 9.16. The first kappa shape index (κ1) is 17.5. The molecule has 0 saturated carbocycles. The van der Waals surface area contributed by atoms with E-state index < -0.39 is 10.0 Å². The van der Waals surface area contributed by atoms with Crippen molar-refractivity contribution in [2.75, 3.05) is 25.2 Å². The Morgan fingerprint density at radius 3 is 2.48 bits per heavy atom. The maximum atomic E-state index is 12.0.